The number of hydrogen-bond acceptors (Lipinski definition) is 3. The van der Waals surface area contributed by atoms with E-state index in [2.05, 4.69) is 6.92 Å². The van der Waals surface area contributed by atoms with E-state index in [4.69, 9.17) is 9.84 Å². The lowest BCUT2D eigenvalue weighted by Gasteiger charge is -2.47. The number of unbranched alkanes of at least 4 members (excludes halogenated alkanes) is 5. The fraction of sp³-hybridized carbons (Fsp3) is 0.696. The lowest BCUT2D eigenvalue weighted by molar-refractivity contribution is -0.131. The summed E-state index contributed by atoms with van der Waals surface area (Å²) in [4.78, 5) is 10.8. The lowest BCUT2D eigenvalue weighted by atomic mass is 9.64. The van der Waals surface area contributed by atoms with Crippen molar-refractivity contribution in [3.63, 3.8) is 0 Å². The summed E-state index contributed by atoms with van der Waals surface area (Å²) < 4.78 is 6.07. The third kappa shape index (κ3) is 7.27. The molecule has 0 radical (unpaired) electrons. The number of carbonyl (C=O) groups is 1. The maximum absolute atomic E-state index is 11.3. The van der Waals surface area contributed by atoms with Gasteiger partial charge in [0.15, 0.2) is 0 Å². The van der Waals surface area contributed by atoms with Gasteiger partial charge in [0.2, 0.25) is 0 Å². The van der Waals surface area contributed by atoms with Crippen molar-refractivity contribution < 1.29 is 19.7 Å². The van der Waals surface area contributed by atoms with E-state index in [-0.39, 0.29) is 6.10 Å². The molecular weight excluding hydrogens is 340 g/mol. The van der Waals surface area contributed by atoms with Crippen LogP contribution in [-0.4, -0.2) is 34.5 Å². The van der Waals surface area contributed by atoms with Crippen LogP contribution in [0.3, 0.4) is 0 Å². The average Bonchev–Trinajstić information content (AvgIpc) is 2.56. The van der Waals surface area contributed by atoms with Crippen LogP contribution < -0.4 is 0 Å². The molecule has 4 heteroatoms. The summed E-state index contributed by atoms with van der Waals surface area (Å²) in [7, 11) is 0. The minimum atomic E-state index is -1.11. The van der Waals surface area contributed by atoms with E-state index in [1.165, 1.54) is 32.1 Å². The summed E-state index contributed by atoms with van der Waals surface area (Å²) in [6, 6.07) is 0. The molecule has 0 unspecified atom stereocenters. The molecule has 2 atom stereocenters. The number of carboxylic acids is 1. The standard InChI is InChI=1S/C23H38O4/c1-6-7-8-9-10-11-14-27-20-16-19(3)23(26,22(4,5)17-20)13-12-18(2)15-21(24)25/h12-13,15-16,20,26H,6-11,14,17H2,1-5H3,(H,24,25)/b13-12+,18-15-/t20-,23-/m1/s1. The molecule has 1 rings (SSSR count). The van der Waals surface area contributed by atoms with Gasteiger partial charge in [0.1, 0.15) is 5.60 Å². The molecule has 0 saturated heterocycles. The Kier molecular flexibility index (Phi) is 9.48. The van der Waals surface area contributed by atoms with Crippen LogP contribution in [0, 0.1) is 5.41 Å². The molecule has 0 fully saturated rings. The number of ether oxygens (including phenoxy) is 1. The van der Waals surface area contributed by atoms with Crippen LogP contribution in [-0.2, 0) is 9.53 Å². The van der Waals surface area contributed by atoms with E-state index in [9.17, 15) is 9.90 Å². The minimum absolute atomic E-state index is 0.0139. The monoisotopic (exact) mass is 378 g/mol. The second kappa shape index (κ2) is 10.8. The molecule has 154 valence electrons. The number of rotatable bonds is 11. The van der Waals surface area contributed by atoms with Gasteiger partial charge in [-0.2, -0.15) is 0 Å². The average molecular weight is 379 g/mol. The second-order valence-corrected chi connectivity index (χ2v) is 8.44. The number of aliphatic carboxylic acids is 1. The molecule has 0 aliphatic heterocycles. The lowest BCUT2D eigenvalue weighted by Crippen LogP contribution is -2.49. The van der Waals surface area contributed by atoms with Gasteiger partial charge in [-0.05, 0) is 43.9 Å². The Bertz CT molecular complexity index is 571. The number of allylic oxidation sites excluding steroid dienone is 2. The van der Waals surface area contributed by atoms with Crippen LogP contribution in [0.1, 0.15) is 79.6 Å². The predicted molar refractivity (Wildman–Crippen MR) is 111 cm³/mol. The molecule has 2 N–H and O–H groups in total. The highest BCUT2D eigenvalue weighted by atomic mass is 16.5. The van der Waals surface area contributed by atoms with Crippen molar-refractivity contribution in [1.82, 2.24) is 0 Å². The first-order valence-corrected chi connectivity index (χ1v) is 10.3. The summed E-state index contributed by atoms with van der Waals surface area (Å²) in [5, 5.41) is 20.1. The van der Waals surface area contributed by atoms with Crippen molar-refractivity contribution in [3.8, 4) is 0 Å². The molecule has 0 aromatic rings. The summed E-state index contributed by atoms with van der Waals surface area (Å²) in [5.74, 6) is -0.984. The van der Waals surface area contributed by atoms with Crippen molar-refractivity contribution in [3.05, 3.63) is 35.5 Å². The van der Waals surface area contributed by atoms with E-state index < -0.39 is 17.0 Å². The summed E-state index contributed by atoms with van der Waals surface area (Å²) >= 11 is 0. The Morgan fingerprint density at radius 3 is 2.48 bits per heavy atom. The first-order chi connectivity index (χ1) is 12.6. The highest BCUT2D eigenvalue weighted by molar-refractivity contribution is 5.81. The zero-order valence-electron chi connectivity index (χ0n) is 17.8. The minimum Gasteiger partial charge on any atom is -0.478 e. The largest absolute Gasteiger partial charge is 0.478 e. The van der Waals surface area contributed by atoms with Gasteiger partial charge < -0.3 is 14.9 Å². The fourth-order valence-electron chi connectivity index (χ4n) is 3.73. The highest BCUT2D eigenvalue weighted by Crippen LogP contribution is 2.46. The Labute approximate surface area is 165 Å². The van der Waals surface area contributed by atoms with Crippen molar-refractivity contribution in [2.45, 2.75) is 91.3 Å². The second-order valence-electron chi connectivity index (χ2n) is 8.44. The predicted octanol–water partition coefficient (Wildman–Crippen LogP) is 5.43. The molecule has 27 heavy (non-hydrogen) atoms. The van der Waals surface area contributed by atoms with Gasteiger partial charge in [-0.15, -0.1) is 0 Å². The zero-order valence-corrected chi connectivity index (χ0v) is 17.8. The van der Waals surface area contributed by atoms with Gasteiger partial charge in [0.25, 0.3) is 0 Å². The normalized spacial score (nSPS) is 25.6. The third-order valence-electron chi connectivity index (χ3n) is 5.55. The molecular formula is C23H38O4. The van der Waals surface area contributed by atoms with Gasteiger partial charge in [0.05, 0.1) is 6.10 Å². The van der Waals surface area contributed by atoms with Crippen molar-refractivity contribution in [2.75, 3.05) is 6.61 Å². The molecule has 0 amide bonds. The van der Waals surface area contributed by atoms with E-state index in [0.29, 0.717) is 5.57 Å². The quantitative estimate of drug-likeness (QED) is 0.218. The van der Waals surface area contributed by atoms with E-state index in [1.807, 2.05) is 26.8 Å². The first-order valence-electron chi connectivity index (χ1n) is 10.3. The summed E-state index contributed by atoms with van der Waals surface area (Å²) in [6.07, 6.45) is 14.7. The number of aliphatic hydroxyl groups is 1. The van der Waals surface area contributed by atoms with Gasteiger partial charge in [-0.1, -0.05) is 65.0 Å². The number of hydrogen-bond donors (Lipinski definition) is 2. The van der Waals surface area contributed by atoms with Crippen molar-refractivity contribution >= 4 is 5.97 Å². The SMILES string of the molecule is CCCCCCCCO[C@@H]1C=C(C)[C@](O)(/C=C/C(C)=C\C(=O)O)C(C)(C)C1. The molecule has 0 aromatic carbocycles. The van der Waals surface area contributed by atoms with Crippen LogP contribution >= 0.6 is 0 Å². The molecule has 0 aromatic heterocycles. The van der Waals surface area contributed by atoms with Crippen molar-refractivity contribution in [2.24, 2.45) is 5.41 Å². The third-order valence-corrected chi connectivity index (χ3v) is 5.55. The van der Waals surface area contributed by atoms with E-state index in [0.717, 1.165) is 31.1 Å². The number of carboxylic acid groups (broad SMARTS) is 1. The summed E-state index contributed by atoms with van der Waals surface area (Å²) in [6.45, 7) is 10.7. The molecule has 0 heterocycles. The summed E-state index contributed by atoms with van der Waals surface area (Å²) in [5.41, 5.74) is -0.0647. The van der Waals surface area contributed by atoms with Gasteiger partial charge in [-0.25, -0.2) is 4.79 Å². The van der Waals surface area contributed by atoms with Gasteiger partial charge in [0, 0.05) is 18.1 Å². The molecule has 0 saturated carbocycles. The molecule has 0 bridgehead atoms. The van der Waals surface area contributed by atoms with E-state index >= 15 is 0 Å². The van der Waals surface area contributed by atoms with Gasteiger partial charge >= 0.3 is 5.97 Å². The topological polar surface area (TPSA) is 66.8 Å². The van der Waals surface area contributed by atoms with Crippen LogP contribution in [0.4, 0.5) is 0 Å². The Morgan fingerprint density at radius 2 is 1.89 bits per heavy atom. The van der Waals surface area contributed by atoms with Crippen LogP contribution in [0.5, 0.6) is 0 Å². The Balaban J connectivity index is 2.68. The van der Waals surface area contributed by atoms with Crippen LogP contribution in [0.25, 0.3) is 0 Å². The Morgan fingerprint density at radius 1 is 1.26 bits per heavy atom. The zero-order chi connectivity index (χ0) is 20.5. The van der Waals surface area contributed by atoms with Crippen LogP contribution in [0.15, 0.2) is 35.5 Å². The van der Waals surface area contributed by atoms with Gasteiger partial charge in [-0.3, -0.25) is 0 Å². The molecule has 1 aliphatic rings. The van der Waals surface area contributed by atoms with E-state index in [1.54, 1.807) is 19.1 Å². The molecule has 4 nitrogen and oxygen atoms in total. The molecule has 0 spiro atoms. The highest BCUT2D eigenvalue weighted by Gasteiger charge is 2.47. The fourth-order valence-corrected chi connectivity index (χ4v) is 3.73. The first kappa shape index (κ1) is 23.6. The van der Waals surface area contributed by atoms with Crippen molar-refractivity contribution in [1.29, 1.82) is 0 Å². The molecule has 1 aliphatic carbocycles. The maximum atomic E-state index is 11.3. The maximum Gasteiger partial charge on any atom is 0.328 e. The Hall–Kier alpha value is -1.39. The van der Waals surface area contributed by atoms with Crippen LogP contribution in [0.2, 0.25) is 0 Å². The smallest absolute Gasteiger partial charge is 0.328 e.